The molecule has 1 unspecified atom stereocenters. The van der Waals surface area contributed by atoms with Crippen LogP contribution in [0.3, 0.4) is 0 Å². The van der Waals surface area contributed by atoms with Crippen LogP contribution in [0.1, 0.15) is 38.0 Å². The third-order valence-corrected chi connectivity index (χ3v) is 2.66. The van der Waals surface area contributed by atoms with Gasteiger partial charge in [-0.05, 0) is 33.3 Å². The Morgan fingerprint density at radius 1 is 1.26 bits per heavy atom. The van der Waals surface area contributed by atoms with E-state index in [0.29, 0.717) is 6.54 Å². The summed E-state index contributed by atoms with van der Waals surface area (Å²) in [4.78, 5) is 0. The van der Waals surface area contributed by atoms with Gasteiger partial charge in [-0.2, -0.15) is 0 Å². The lowest BCUT2D eigenvalue weighted by atomic mass is 10.0. The van der Waals surface area contributed by atoms with Crippen LogP contribution in [0.2, 0.25) is 0 Å². The van der Waals surface area contributed by atoms with Crippen molar-refractivity contribution in [1.82, 2.24) is 5.32 Å². The van der Waals surface area contributed by atoms with E-state index in [1.165, 1.54) is 0 Å². The van der Waals surface area contributed by atoms with Crippen molar-refractivity contribution in [2.75, 3.05) is 13.2 Å². The Morgan fingerprint density at radius 3 is 2.47 bits per heavy atom. The molecule has 0 aliphatic heterocycles. The molecule has 1 N–H and O–H groups in total. The molecule has 1 aromatic carbocycles. The van der Waals surface area contributed by atoms with Crippen molar-refractivity contribution in [2.45, 2.75) is 45.8 Å². The van der Waals surface area contributed by atoms with Gasteiger partial charge in [0, 0.05) is 12.1 Å². The second-order valence-corrected chi connectivity index (χ2v) is 5.76. The predicted molar refractivity (Wildman–Crippen MR) is 73.6 cm³/mol. The smallest absolute Gasteiger partial charge is 0.261 e. The largest absolute Gasteiger partial charge is 0.366 e. The van der Waals surface area contributed by atoms with Crippen LogP contribution in [0.4, 0.5) is 8.78 Å². The Morgan fingerprint density at radius 2 is 1.95 bits per heavy atom. The fourth-order valence-electron chi connectivity index (χ4n) is 1.73. The Hall–Kier alpha value is -1.00. The first kappa shape index (κ1) is 16.1. The Kier molecular flexibility index (Phi) is 5.88. The second kappa shape index (κ2) is 6.96. The van der Waals surface area contributed by atoms with Gasteiger partial charge in [0.15, 0.2) is 0 Å². The third kappa shape index (κ3) is 6.64. The number of hydrogen-bond acceptors (Lipinski definition) is 2. The number of rotatable bonds is 6. The van der Waals surface area contributed by atoms with Crippen molar-refractivity contribution in [1.29, 1.82) is 0 Å². The number of alkyl halides is 2. The van der Waals surface area contributed by atoms with Gasteiger partial charge in [-0.25, -0.2) is 8.78 Å². The summed E-state index contributed by atoms with van der Waals surface area (Å²) in [5.74, 6) is 0. The first-order valence-electron chi connectivity index (χ1n) is 6.49. The molecule has 108 valence electrons. The fraction of sp³-hybridized carbons (Fsp3) is 0.600. The van der Waals surface area contributed by atoms with E-state index in [2.05, 4.69) is 5.32 Å². The van der Waals surface area contributed by atoms with Gasteiger partial charge in [-0.3, -0.25) is 0 Å². The molecule has 19 heavy (non-hydrogen) atoms. The number of benzene rings is 1. The number of ether oxygens (including phenoxy) is 1. The topological polar surface area (TPSA) is 21.3 Å². The Balaban J connectivity index is 2.73. The van der Waals surface area contributed by atoms with Gasteiger partial charge in [0.05, 0.1) is 6.10 Å². The van der Waals surface area contributed by atoms with Gasteiger partial charge >= 0.3 is 0 Å². The Bertz CT molecular complexity index is 388. The van der Waals surface area contributed by atoms with E-state index in [9.17, 15) is 8.78 Å². The van der Waals surface area contributed by atoms with E-state index in [-0.39, 0.29) is 11.6 Å². The van der Waals surface area contributed by atoms with Crippen LogP contribution in [0.25, 0.3) is 0 Å². The summed E-state index contributed by atoms with van der Waals surface area (Å²) in [6.45, 7) is 8.06. The molecule has 0 aliphatic carbocycles. The highest BCUT2D eigenvalue weighted by Crippen LogP contribution is 2.19. The number of nitrogens with one attached hydrogen (secondary N) is 1. The van der Waals surface area contributed by atoms with Gasteiger partial charge in [0.2, 0.25) is 0 Å². The quantitative estimate of drug-likeness (QED) is 0.851. The maximum Gasteiger partial charge on any atom is 0.261 e. The van der Waals surface area contributed by atoms with Crippen molar-refractivity contribution in [2.24, 2.45) is 0 Å². The highest BCUT2D eigenvalue weighted by atomic mass is 19.3. The van der Waals surface area contributed by atoms with Crippen molar-refractivity contribution >= 4 is 0 Å². The maximum absolute atomic E-state index is 12.3. The first-order chi connectivity index (χ1) is 8.78. The lowest BCUT2D eigenvalue weighted by molar-refractivity contribution is -0.0263. The summed E-state index contributed by atoms with van der Waals surface area (Å²) < 4.78 is 30.0. The molecule has 0 spiro atoms. The zero-order valence-corrected chi connectivity index (χ0v) is 12.0. The molecular weight excluding hydrogens is 248 g/mol. The number of hydrogen-bond donors (Lipinski definition) is 1. The minimum atomic E-state index is -2.44. The molecule has 0 saturated carbocycles. The molecule has 0 saturated heterocycles. The summed E-state index contributed by atoms with van der Waals surface area (Å²) in [5.41, 5.74) is 1.95. The van der Waals surface area contributed by atoms with E-state index in [0.717, 1.165) is 11.1 Å². The van der Waals surface area contributed by atoms with Crippen molar-refractivity contribution in [3.63, 3.8) is 0 Å². The summed E-state index contributed by atoms with van der Waals surface area (Å²) in [5, 5.41) is 3.29. The van der Waals surface area contributed by atoms with E-state index in [1.807, 2.05) is 52.0 Å². The molecule has 0 bridgehead atoms. The van der Waals surface area contributed by atoms with Crippen LogP contribution in [-0.4, -0.2) is 25.1 Å². The summed E-state index contributed by atoms with van der Waals surface area (Å²) >= 11 is 0. The van der Waals surface area contributed by atoms with Crippen molar-refractivity contribution in [3.05, 3.63) is 35.4 Å². The Labute approximate surface area is 114 Å². The predicted octanol–water partition coefficient (Wildman–Crippen LogP) is 3.71. The van der Waals surface area contributed by atoms with Crippen LogP contribution in [-0.2, 0) is 4.74 Å². The van der Waals surface area contributed by atoms with Crippen LogP contribution < -0.4 is 5.32 Å². The molecule has 0 heterocycles. The first-order valence-corrected chi connectivity index (χ1v) is 6.49. The lowest BCUT2D eigenvalue weighted by Gasteiger charge is -2.26. The van der Waals surface area contributed by atoms with Crippen LogP contribution >= 0.6 is 0 Å². The van der Waals surface area contributed by atoms with Gasteiger partial charge in [0.1, 0.15) is 6.61 Å². The normalized spacial score (nSPS) is 13.8. The SMILES string of the molecule is Cc1cccc(C(CNC(C)(C)C)OCC(F)F)c1. The van der Waals surface area contributed by atoms with Gasteiger partial charge in [-0.15, -0.1) is 0 Å². The summed E-state index contributed by atoms with van der Waals surface area (Å²) in [7, 11) is 0. The average Bonchev–Trinajstić information content (AvgIpc) is 2.27. The molecule has 0 amide bonds. The standard InChI is InChI=1S/C15H23F2NO/c1-11-6-5-7-12(8-11)13(19-10-14(16)17)9-18-15(2,3)4/h5-8,13-14,18H,9-10H2,1-4H3. The summed E-state index contributed by atoms with van der Waals surface area (Å²) in [6.07, 6.45) is -2.80. The minimum Gasteiger partial charge on any atom is -0.366 e. The molecule has 0 fully saturated rings. The van der Waals surface area contributed by atoms with Crippen LogP contribution in [0.15, 0.2) is 24.3 Å². The molecule has 1 atom stereocenters. The van der Waals surface area contributed by atoms with Crippen LogP contribution in [0.5, 0.6) is 0 Å². The van der Waals surface area contributed by atoms with E-state index < -0.39 is 13.0 Å². The highest BCUT2D eigenvalue weighted by Gasteiger charge is 2.18. The highest BCUT2D eigenvalue weighted by molar-refractivity contribution is 5.24. The van der Waals surface area contributed by atoms with Crippen LogP contribution in [0, 0.1) is 6.92 Å². The van der Waals surface area contributed by atoms with Crippen molar-refractivity contribution < 1.29 is 13.5 Å². The monoisotopic (exact) mass is 271 g/mol. The van der Waals surface area contributed by atoms with Gasteiger partial charge in [-0.1, -0.05) is 29.8 Å². The summed E-state index contributed by atoms with van der Waals surface area (Å²) in [6, 6.07) is 7.78. The molecular formula is C15H23F2NO. The van der Waals surface area contributed by atoms with E-state index in [1.54, 1.807) is 0 Å². The zero-order chi connectivity index (χ0) is 14.5. The minimum absolute atomic E-state index is 0.0731. The zero-order valence-electron chi connectivity index (χ0n) is 12.0. The number of halogens is 2. The van der Waals surface area contributed by atoms with E-state index in [4.69, 9.17) is 4.74 Å². The van der Waals surface area contributed by atoms with Crippen molar-refractivity contribution in [3.8, 4) is 0 Å². The molecule has 2 nitrogen and oxygen atoms in total. The third-order valence-electron chi connectivity index (χ3n) is 2.66. The maximum atomic E-state index is 12.3. The average molecular weight is 271 g/mol. The van der Waals surface area contributed by atoms with E-state index >= 15 is 0 Å². The molecule has 4 heteroatoms. The molecule has 1 rings (SSSR count). The van der Waals surface area contributed by atoms with Gasteiger partial charge < -0.3 is 10.1 Å². The second-order valence-electron chi connectivity index (χ2n) is 5.76. The molecule has 0 radical (unpaired) electrons. The van der Waals surface area contributed by atoms with Gasteiger partial charge in [0.25, 0.3) is 6.43 Å². The molecule has 1 aromatic rings. The number of aryl methyl sites for hydroxylation is 1. The lowest BCUT2D eigenvalue weighted by Crippen LogP contribution is -2.39. The molecule has 0 aliphatic rings. The molecule has 0 aromatic heterocycles. The fourth-order valence-corrected chi connectivity index (χ4v) is 1.73.